The minimum Gasteiger partial charge on any atom is -0.508 e. The molecule has 2 saturated heterocycles. The number of carbonyl (C=O) groups is 3. The molecule has 3 aromatic rings. The van der Waals surface area contributed by atoms with E-state index in [0.29, 0.717) is 13.1 Å². The molecule has 2 atom stereocenters. The number of phenolic OH excluding ortho intramolecular Hbond substituents is 1. The first-order valence-electron chi connectivity index (χ1n) is 14.8. The maximum Gasteiger partial charge on any atom is 0.334 e. The molecule has 2 fully saturated rings. The van der Waals surface area contributed by atoms with Crippen LogP contribution in [0.4, 0.5) is 10.5 Å². The quantitative estimate of drug-likeness (QED) is 0.367. The number of aryl methyl sites for hydroxylation is 1. The summed E-state index contributed by atoms with van der Waals surface area (Å²) >= 11 is 0. The number of hydrogen-bond donors (Lipinski definition) is 2. The second kappa shape index (κ2) is 13.2. The number of nitrogens with zero attached hydrogens (tertiary/aromatic N) is 5. The van der Waals surface area contributed by atoms with Crippen LogP contribution in [0.25, 0.3) is 0 Å². The Bertz CT molecular complexity index is 1510. The van der Waals surface area contributed by atoms with E-state index in [4.69, 9.17) is 0 Å². The zero-order valence-corrected chi connectivity index (χ0v) is 25.5. The molecule has 0 bridgehead atoms. The highest BCUT2D eigenvalue weighted by atomic mass is 16.3. The van der Waals surface area contributed by atoms with Crippen molar-refractivity contribution in [2.24, 2.45) is 0 Å². The summed E-state index contributed by atoms with van der Waals surface area (Å²) in [5.74, 6) is -0.294. The maximum atomic E-state index is 14.2. The van der Waals surface area contributed by atoms with Gasteiger partial charge in [0.2, 0.25) is 11.8 Å². The first-order valence-corrected chi connectivity index (χ1v) is 14.8. The standard InChI is InChI=1S/C34H40N6O4/c1-5-17-38-23-32(42)39-30(18-25-13-15-28(41)16-14-25)33(43)37(21-27-12-11-24(2)29(19-27)36(3)4)22-31(39)40(38)34(44)35-20-26-9-7-6-8-10-26/h5-16,19,30-31,41H,1,17-18,20-23H2,2-4H3,(H,35,44)/t30-,31-/m0/s1. The Balaban J connectivity index is 1.51. The van der Waals surface area contributed by atoms with Gasteiger partial charge in [-0.05, 0) is 47.4 Å². The Kier molecular flexibility index (Phi) is 9.20. The average molecular weight is 597 g/mol. The lowest BCUT2D eigenvalue weighted by Gasteiger charge is -2.55. The van der Waals surface area contributed by atoms with Crippen molar-refractivity contribution in [2.75, 3.05) is 38.6 Å². The lowest BCUT2D eigenvalue weighted by Crippen LogP contribution is -2.76. The molecule has 10 nitrogen and oxygen atoms in total. The molecule has 0 saturated carbocycles. The van der Waals surface area contributed by atoms with Crippen LogP contribution in [0.5, 0.6) is 5.75 Å². The summed E-state index contributed by atoms with van der Waals surface area (Å²) in [5, 5.41) is 16.1. The number of hydrogen-bond acceptors (Lipinski definition) is 6. The van der Waals surface area contributed by atoms with Crippen molar-refractivity contribution in [3.8, 4) is 5.75 Å². The Hall–Kier alpha value is -4.83. The van der Waals surface area contributed by atoms with E-state index in [1.165, 1.54) is 0 Å². The largest absolute Gasteiger partial charge is 0.508 e. The van der Waals surface area contributed by atoms with Crippen LogP contribution < -0.4 is 10.2 Å². The second-order valence-corrected chi connectivity index (χ2v) is 11.5. The molecular formula is C34H40N6O4. The third-order valence-electron chi connectivity index (χ3n) is 8.16. The number of fused-ring (bicyclic) bond motifs is 1. The van der Waals surface area contributed by atoms with Gasteiger partial charge in [-0.25, -0.2) is 14.8 Å². The predicted molar refractivity (Wildman–Crippen MR) is 169 cm³/mol. The number of phenols is 1. The minimum atomic E-state index is -0.833. The summed E-state index contributed by atoms with van der Waals surface area (Å²) in [6, 6.07) is 21.2. The van der Waals surface area contributed by atoms with Crippen molar-refractivity contribution in [2.45, 2.75) is 38.6 Å². The van der Waals surface area contributed by atoms with Crippen molar-refractivity contribution in [1.29, 1.82) is 0 Å². The van der Waals surface area contributed by atoms with E-state index in [2.05, 4.69) is 18.0 Å². The molecule has 230 valence electrons. The lowest BCUT2D eigenvalue weighted by atomic mass is 9.98. The third-order valence-corrected chi connectivity index (χ3v) is 8.16. The van der Waals surface area contributed by atoms with E-state index in [1.54, 1.807) is 50.2 Å². The number of urea groups is 1. The number of rotatable bonds is 9. The number of carbonyl (C=O) groups excluding carboxylic acids is 3. The highest BCUT2D eigenvalue weighted by molar-refractivity contribution is 5.91. The Morgan fingerprint density at radius 1 is 1.02 bits per heavy atom. The molecule has 5 rings (SSSR count). The Morgan fingerprint density at radius 2 is 1.73 bits per heavy atom. The fourth-order valence-corrected chi connectivity index (χ4v) is 6.01. The van der Waals surface area contributed by atoms with Gasteiger partial charge in [0.05, 0.1) is 13.1 Å². The van der Waals surface area contributed by atoms with Gasteiger partial charge in [-0.3, -0.25) is 9.59 Å². The van der Waals surface area contributed by atoms with Gasteiger partial charge >= 0.3 is 6.03 Å². The minimum absolute atomic E-state index is 0.0647. The van der Waals surface area contributed by atoms with Gasteiger partial charge in [-0.1, -0.05) is 60.7 Å². The summed E-state index contributed by atoms with van der Waals surface area (Å²) in [6.45, 7) is 6.90. The molecule has 4 amide bonds. The van der Waals surface area contributed by atoms with Gasteiger partial charge in [-0.2, -0.15) is 0 Å². The monoisotopic (exact) mass is 596 g/mol. The Morgan fingerprint density at radius 3 is 2.41 bits per heavy atom. The highest BCUT2D eigenvalue weighted by Crippen LogP contribution is 2.30. The van der Waals surface area contributed by atoms with Gasteiger partial charge in [0.1, 0.15) is 18.0 Å². The van der Waals surface area contributed by atoms with E-state index in [1.807, 2.05) is 68.4 Å². The number of nitrogens with one attached hydrogen (secondary N) is 1. The highest BCUT2D eigenvalue weighted by Gasteiger charge is 2.51. The first kappa shape index (κ1) is 30.6. The predicted octanol–water partition coefficient (Wildman–Crippen LogP) is 3.50. The van der Waals surface area contributed by atoms with E-state index >= 15 is 0 Å². The van der Waals surface area contributed by atoms with Crippen molar-refractivity contribution >= 4 is 23.5 Å². The molecule has 0 aliphatic carbocycles. The summed E-state index contributed by atoms with van der Waals surface area (Å²) in [5.41, 5.74) is 4.88. The number of anilines is 1. The lowest BCUT2D eigenvalue weighted by molar-refractivity contribution is -0.189. The number of hydrazine groups is 1. The van der Waals surface area contributed by atoms with E-state index in [9.17, 15) is 19.5 Å². The molecule has 0 spiro atoms. The molecule has 44 heavy (non-hydrogen) atoms. The summed E-state index contributed by atoms with van der Waals surface area (Å²) in [6.07, 6.45) is 1.18. The molecule has 2 aliphatic heterocycles. The summed E-state index contributed by atoms with van der Waals surface area (Å²) in [4.78, 5) is 47.2. The van der Waals surface area contributed by atoms with Crippen molar-refractivity contribution in [3.63, 3.8) is 0 Å². The molecule has 0 radical (unpaired) electrons. The van der Waals surface area contributed by atoms with Crippen LogP contribution in [0, 0.1) is 6.92 Å². The molecular weight excluding hydrogens is 556 g/mol. The zero-order valence-electron chi connectivity index (χ0n) is 25.5. The van der Waals surface area contributed by atoms with Gasteiger partial charge in [0.15, 0.2) is 0 Å². The van der Waals surface area contributed by atoms with Gasteiger partial charge in [0.25, 0.3) is 0 Å². The number of amides is 4. The van der Waals surface area contributed by atoms with Gasteiger partial charge in [-0.15, -0.1) is 6.58 Å². The molecule has 2 heterocycles. The topological polar surface area (TPSA) is 99.7 Å². The Labute approximate surface area is 258 Å². The van der Waals surface area contributed by atoms with Crippen molar-refractivity contribution in [3.05, 3.63) is 108 Å². The van der Waals surface area contributed by atoms with E-state index in [0.717, 1.165) is 27.9 Å². The first-order chi connectivity index (χ1) is 21.2. The number of piperazine rings is 1. The van der Waals surface area contributed by atoms with Crippen LogP contribution in [0.3, 0.4) is 0 Å². The van der Waals surface area contributed by atoms with E-state index in [-0.39, 0.29) is 49.7 Å². The molecule has 0 aromatic heterocycles. The third kappa shape index (κ3) is 6.55. The number of benzene rings is 3. The number of aromatic hydroxyl groups is 1. The van der Waals surface area contributed by atoms with Crippen LogP contribution in [-0.4, -0.2) is 88.7 Å². The normalized spacial score (nSPS) is 18.7. The fourth-order valence-electron chi connectivity index (χ4n) is 6.01. The zero-order chi connectivity index (χ0) is 31.4. The van der Waals surface area contributed by atoms with Crippen LogP contribution in [0.2, 0.25) is 0 Å². The van der Waals surface area contributed by atoms with Crippen LogP contribution in [-0.2, 0) is 29.1 Å². The van der Waals surface area contributed by atoms with Crippen LogP contribution in [0.1, 0.15) is 22.3 Å². The van der Waals surface area contributed by atoms with Crippen LogP contribution >= 0.6 is 0 Å². The maximum absolute atomic E-state index is 14.2. The molecule has 0 unspecified atom stereocenters. The summed E-state index contributed by atoms with van der Waals surface area (Å²) < 4.78 is 0. The van der Waals surface area contributed by atoms with Crippen molar-refractivity contribution < 1.29 is 19.5 Å². The van der Waals surface area contributed by atoms with E-state index < -0.39 is 12.2 Å². The van der Waals surface area contributed by atoms with Crippen LogP contribution in [0.15, 0.2) is 85.5 Å². The van der Waals surface area contributed by atoms with Crippen molar-refractivity contribution in [1.82, 2.24) is 25.1 Å². The molecule has 2 aliphatic rings. The van der Waals surface area contributed by atoms with Gasteiger partial charge in [0, 0.05) is 45.8 Å². The second-order valence-electron chi connectivity index (χ2n) is 11.5. The summed E-state index contributed by atoms with van der Waals surface area (Å²) in [7, 11) is 3.97. The SMILES string of the molecule is C=CCN1CC(=O)N2[C@@H](Cc3ccc(O)cc3)C(=O)N(Cc3ccc(C)c(N(C)C)c3)C[C@@H]2N1C(=O)NCc1ccccc1. The fraction of sp³-hybridized carbons (Fsp3) is 0.324. The van der Waals surface area contributed by atoms with Gasteiger partial charge < -0.3 is 25.1 Å². The molecule has 3 aromatic carbocycles. The molecule has 2 N–H and O–H groups in total. The average Bonchev–Trinajstić information content (AvgIpc) is 3.00. The smallest absolute Gasteiger partial charge is 0.334 e. The molecule has 10 heteroatoms.